The van der Waals surface area contributed by atoms with E-state index in [9.17, 15) is 14.9 Å². The van der Waals surface area contributed by atoms with Gasteiger partial charge in [0, 0.05) is 6.61 Å². The lowest BCUT2D eigenvalue weighted by Gasteiger charge is -2.22. The number of hydrogen-bond acceptors (Lipinski definition) is 6. The first kappa shape index (κ1) is 19.2. The number of amides is 1. The molecule has 3 rings (SSSR count). The molecule has 0 bridgehead atoms. The van der Waals surface area contributed by atoms with Gasteiger partial charge in [0.25, 0.3) is 5.91 Å². The lowest BCUT2D eigenvalue weighted by Crippen LogP contribution is -2.48. The number of benzene rings is 1. The van der Waals surface area contributed by atoms with E-state index in [1.807, 2.05) is 0 Å². The fourth-order valence-corrected chi connectivity index (χ4v) is 3.07. The minimum absolute atomic E-state index is 0.128. The summed E-state index contributed by atoms with van der Waals surface area (Å²) in [6.07, 6.45) is 4.03. The smallest absolute Gasteiger partial charge is 0.338 e. The Morgan fingerprint density at radius 3 is 2.63 bits per heavy atom. The van der Waals surface area contributed by atoms with E-state index in [0.29, 0.717) is 17.9 Å². The van der Waals surface area contributed by atoms with Crippen molar-refractivity contribution < 1.29 is 23.8 Å². The molecule has 7 nitrogen and oxygen atoms in total. The molecular formula is C20H24N2O5. The summed E-state index contributed by atoms with van der Waals surface area (Å²) < 4.78 is 16.2. The third-order valence-electron chi connectivity index (χ3n) is 4.91. The first-order valence-electron chi connectivity index (χ1n) is 9.24. The van der Waals surface area contributed by atoms with Gasteiger partial charge in [0.15, 0.2) is 6.61 Å². The van der Waals surface area contributed by atoms with E-state index in [0.717, 1.165) is 32.3 Å². The van der Waals surface area contributed by atoms with Gasteiger partial charge in [-0.05, 0) is 62.8 Å². The lowest BCUT2D eigenvalue weighted by atomic mass is 9.98. The average molecular weight is 372 g/mol. The Kier molecular flexibility index (Phi) is 5.97. The highest BCUT2D eigenvalue weighted by molar-refractivity contribution is 5.91. The van der Waals surface area contributed by atoms with Crippen molar-refractivity contribution in [3.63, 3.8) is 0 Å². The molecule has 2 aliphatic rings. The minimum atomic E-state index is -0.897. The van der Waals surface area contributed by atoms with Gasteiger partial charge in [-0.1, -0.05) is 0 Å². The van der Waals surface area contributed by atoms with Crippen LogP contribution in [0.1, 0.15) is 43.0 Å². The fourth-order valence-electron chi connectivity index (χ4n) is 3.07. The van der Waals surface area contributed by atoms with Crippen molar-refractivity contribution in [3.8, 4) is 11.8 Å². The van der Waals surface area contributed by atoms with Crippen LogP contribution in [0, 0.1) is 17.2 Å². The van der Waals surface area contributed by atoms with Crippen LogP contribution in [-0.4, -0.2) is 43.3 Å². The molecule has 0 spiro atoms. The molecule has 0 unspecified atom stereocenters. The van der Waals surface area contributed by atoms with Crippen molar-refractivity contribution in [1.29, 1.82) is 5.26 Å². The number of nitriles is 1. The molecule has 0 radical (unpaired) electrons. The molecule has 1 saturated heterocycles. The Morgan fingerprint density at radius 1 is 1.30 bits per heavy atom. The highest BCUT2D eigenvalue weighted by atomic mass is 16.5. The topological polar surface area (TPSA) is 97.7 Å². The molecule has 2 fully saturated rings. The fraction of sp³-hybridized carbons (Fsp3) is 0.550. The largest absolute Gasteiger partial charge is 0.491 e. The van der Waals surface area contributed by atoms with Gasteiger partial charge in [-0.25, -0.2) is 4.79 Å². The average Bonchev–Trinajstić information content (AvgIpc) is 3.42. The molecular weight excluding hydrogens is 348 g/mol. The summed E-state index contributed by atoms with van der Waals surface area (Å²) >= 11 is 0. The molecule has 1 saturated carbocycles. The highest BCUT2D eigenvalue weighted by Gasteiger charge is 2.43. The molecule has 1 N–H and O–H groups in total. The summed E-state index contributed by atoms with van der Waals surface area (Å²) in [6, 6.07) is 8.69. The van der Waals surface area contributed by atoms with Gasteiger partial charge >= 0.3 is 5.97 Å². The summed E-state index contributed by atoms with van der Waals surface area (Å²) in [6.45, 7) is 2.54. The van der Waals surface area contributed by atoms with E-state index >= 15 is 0 Å². The molecule has 144 valence electrons. The third-order valence-corrected chi connectivity index (χ3v) is 4.91. The number of nitrogens with zero attached hydrogens (tertiary/aromatic N) is 1. The normalized spacial score (nSPS) is 21.0. The van der Waals surface area contributed by atoms with Crippen LogP contribution in [0.4, 0.5) is 0 Å². The quantitative estimate of drug-likeness (QED) is 0.703. The molecule has 1 aromatic carbocycles. The minimum Gasteiger partial charge on any atom is -0.491 e. The molecule has 1 aliphatic heterocycles. The van der Waals surface area contributed by atoms with Crippen LogP contribution in [0.3, 0.4) is 0 Å². The first-order chi connectivity index (χ1) is 13.0. The summed E-state index contributed by atoms with van der Waals surface area (Å²) in [5, 5.41) is 11.9. The predicted octanol–water partition coefficient (Wildman–Crippen LogP) is 2.21. The maximum absolute atomic E-state index is 12.1. The third kappa shape index (κ3) is 5.20. The molecule has 1 amide bonds. The Labute approximate surface area is 158 Å². The van der Waals surface area contributed by atoms with Crippen LogP contribution in [0.15, 0.2) is 24.3 Å². The van der Waals surface area contributed by atoms with Crippen LogP contribution in [-0.2, 0) is 14.3 Å². The molecule has 1 aromatic rings. The van der Waals surface area contributed by atoms with Gasteiger partial charge in [-0.15, -0.1) is 0 Å². The Hall–Kier alpha value is -2.59. The van der Waals surface area contributed by atoms with E-state index < -0.39 is 24.0 Å². The monoisotopic (exact) mass is 372 g/mol. The second-order valence-corrected chi connectivity index (χ2v) is 7.18. The van der Waals surface area contributed by atoms with Crippen molar-refractivity contribution >= 4 is 11.9 Å². The number of nitrogens with one attached hydrogen (secondary N) is 1. The number of esters is 1. The lowest BCUT2D eigenvalue weighted by molar-refractivity contribution is -0.125. The number of hydrogen-bond donors (Lipinski definition) is 1. The standard InChI is InChI=1S/C20H24N2O5/c1-20(13-21,15-6-7-15)22-18(23)12-27-19(24)14-4-8-16(9-5-14)26-11-17-3-2-10-25-17/h4-5,8-9,15,17H,2-3,6-7,10-12H2,1H3,(H,22,23)/t17-,20+/m1/s1. The van der Waals surface area contributed by atoms with Gasteiger partial charge in [-0.2, -0.15) is 5.26 Å². The first-order valence-corrected chi connectivity index (χ1v) is 9.24. The van der Waals surface area contributed by atoms with E-state index in [1.54, 1.807) is 31.2 Å². The van der Waals surface area contributed by atoms with Gasteiger partial charge in [-0.3, -0.25) is 4.79 Å². The molecule has 0 aromatic heterocycles. The zero-order chi connectivity index (χ0) is 19.3. The van der Waals surface area contributed by atoms with Crippen LogP contribution < -0.4 is 10.1 Å². The van der Waals surface area contributed by atoms with Gasteiger partial charge in [0.2, 0.25) is 0 Å². The number of carbonyl (C=O) groups is 2. The number of carbonyl (C=O) groups excluding carboxylic acids is 2. The van der Waals surface area contributed by atoms with Crippen LogP contribution in [0.2, 0.25) is 0 Å². The van der Waals surface area contributed by atoms with Gasteiger partial charge in [0.1, 0.15) is 17.9 Å². The van der Waals surface area contributed by atoms with E-state index in [4.69, 9.17) is 14.2 Å². The SMILES string of the molecule is C[C@@](C#N)(NC(=O)COC(=O)c1ccc(OC[C@H]2CCCO2)cc1)C1CC1. The summed E-state index contributed by atoms with van der Waals surface area (Å²) in [5.41, 5.74) is -0.566. The second kappa shape index (κ2) is 8.40. The van der Waals surface area contributed by atoms with Crippen molar-refractivity contribution in [1.82, 2.24) is 5.32 Å². The molecule has 1 aliphatic carbocycles. The molecule has 2 atom stereocenters. The molecule has 1 heterocycles. The predicted molar refractivity (Wildman–Crippen MR) is 96.1 cm³/mol. The molecule has 27 heavy (non-hydrogen) atoms. The maximum atomic E-state index is 12.1. The number of ether oxygens (including phenoxy) is 3. The summed E-state index contributed by atoms with van der Waals surface area (Å²) in [7, 11) is 0. The van der Waals surface area contributed by atoms with Crippen molar-refractivity contribution in [2.24, 2.45) is 5.92 Å². The highest BCUT2D eigenvalue weighted by Crippen LogP contribution is 2.39. The Bertz CT molecular complexity index is 717. The van der Waals surface area contributed by atoms with Crippen LogP contribution in [0.5, 0.6) is 5.75 Å². The summed E-state index contributed by atoms with van der Waals surface area (Å²) in [4.78, 5) is 24.1. The maximum Gasteiger partial charge on any atom is 0.338 e. The van der Waals surface area contributed by atoms with E-state index in [-0.39, 0.29) is 12.0 Å². The van der Waals surface area contributed by atoms with Crippen LogP contribution in [0.25, 0.3) is 0 Å². The zero-order valence-corrected chi connectivity index (χ0v) is 15.4. The Balaban J connectivity index is 1.43. The summed E-state index contributed by atoms with van der Waals surface area (Å²) in [5.74, 6) is -0.255. The molecule has 7 heteroatoms. The van der Waals surface area contributed by atoms with Gasteiger partial charge in [0.05, 0.1) is 17.7 Å². The van der Waals surface area contributed by atoms with E-state index in [1.165, 1.54) is 0 Å². The Morgan fingerprint density at radius 2 is 2.04 bits per heavy atom. The van der Waals surface area contributed by atoms with Crippen molar-refractivity contribution in [3.05, 3.63) is 29.8 Å². The van der Waals surface area contributed by atoms with Crippen LogP contribution >= 0.6 is 0 Å². The van der Waals surface area contributed by atoms with E-state index in [2.05, 4.69) is 11.4 Å². The van der Waals surface area contributed by atoms with Gasteiger partial charge < -0.3 is 19.5 Å². The number of rotatable bonds is 8. The second-order valence-electron chi connectivity index (χ2n) is 7.18. The van der Waals surface area contributed by atoms with Crippen molar-refractivity contribution in [2.75, 3.05) is 19.8 Å². The van der Waals surface area contributed by atoms with Crippen molar-refractivity contribution in [2.45, 2.75) is 44.2 Å². The zero-order valence-electron chi connectivity index (χ0n) is 15.4.